The van der Waals surface area contributed by atoms with Gasteiger partial charge in [-0.2, -0.15) is 4.31 Å². The Kier molecular flexibility index (Phi) is 8.51. The molecule has 3 aromatic carbocycles. The zero-order valence-corrected chi connectivity index (χ0v) is 22.3. The molecule has 1 amide bonds. The number of nitrogens with zero attached hydrogens (tertiary/aromatic N) is 1. The van der Waals surface area contributed by atoms with Crippen molar-refractivity contribution in [1.82, 2.24) is 4.31 Å². The average molecular weight is 523 g/mol. The smallest absolute Gasteiger partial charge is 0.246 e. The first-order valence-electron chi connectivity index (χ1n) is 12.5. The lowest BCUT2D eigenvalue weighted by Gasteiger charge is -2.31. The molecule has 0 atom stereocenters. The van der Waals surface area contributed by atoms with E-state index in [9.17, 15) is 13.2 Å². The summed E-state index contributed by atoms with van der Waals surface area (Å²) in [5.74, 6) is 0.885. The number of sulfonamides is 1. The highest BCUT2D eigenvalue weighted by atomic mass is 32.2. The number of benzene rings is 3. The number of hydrogen-bond acceptors (Lipinski definition) is 5. The van der Waals surface area contributed by atoms with E-state index in [0.29, 0.717) is 30.9 Å². The maximum atomic E-state index is 13.4. The van der Waals surface area contributed by atoms with Crippen molar-refractivity contribution in [2.75, 3.05) is 25.5 Å². The average Bonchev–Trinajstić information content (AvgIpc) is 2.93. The molecule has 1 aliphatic heterocycles. The molecule has 0 aromatic heterocycles. The van der Waals surface area contributed by atoms with E-state index in [1.165, 1.54) is 11.4 Å². The normalized spacial score (nSPS) is 14.9. The van der Waals surface area contributed by atoms with Crippen molar-refractivity contribution >= 4 is 21.6 Å². The van der Waals surface area contributed by atoms with Gasteiger partial charge < -0.3 is 14.8 Å². The van der Waals surface area contributed by atoms with Gasteiger partial charge in [0.05, 0.1) is 7.11 Å². The van der Waals surface area contributed by atoms with Gasteiger partial charge in [0, 0.05) is 24.7 Å². The zero-order valence-electron chi connectivity index (χ0n) is 21.5. The molecule has 1 fully saturated rings. The van der Waals surface area contributed by atoms with Crippen LogP contribution in [0.1, 0.15) is 43.7 Å². The van der Waals surface area contributed by atoms with Crippen molar-refractivity contribution < 1.29 is 22.7 Å². The van der Waals surface area contributed by atoms with Gasteiger partial charge in [-0.1, -0.05) is 50.2 Å². The first-order valence-corrected chi connectivity index (χ1v) is 14.0. The third kappa shape index (κ3) is 6.50. The molecule has 4 rings (SSSR count). The Morgan fingerprint density at radius 1 is 1.00 bits per heavy atom. The first-order chi connectivity index (χ1) is 17.8. The molecule has 0 bridgehead atoms. The molecular weight excluding hydrogens is 488 g/mol. The van der Waals surface area contributed by atoms with Gasteiger partial charge in [-0.15, -0.1) is 0 Å². The molecule has 0 unspecified atom stereocenters. The minimum atomic E-state index is -3.74. The second-order valence-electron chi connectivity index (χ2n) is 9.53. The van der Waals surface area contributed by atoms with Gasteiger partial charge in [0.2, 0.25) is 15.9 Å². The van der Waals surface area contributed by atoms with E-state index in [2.05, 4.69) is 5.32 Å². The van der Waals surface area contributed by atoms with Gasteiger partial charge in [0.15, 0.2) is 0 Å². The van der Waals surface area contributed by atoms with Crippen molar-refractivity contribution in [1.29, 1.82) is 0 Å². The van der Waals surface area contributed by atoms with Crippen LogP contribution in [0.4, 0.5) is 5.69 Å². The van der Waals surface area contributed by atoms with Crippen molar-refractivity contribution in [2.45, 2.75) is 44.1 Å². The van der Waals surface area contributed by atoms with Gasteiger partial charge in [-0.25, -0.2) is 8.42 Å². The molecule has 0 radical (unpaired) electrons. The summed E-state index contributed by atoms with van der Waals surface area (Å²) in [6.07, 6.45) is 0.908. The largest absolute Gasteiger partial charge is 0.495 e. The quantitative estimate of drug-likeness (QED) is 0.405. The summed E-state index contributed by atoms with van der Waals surface area (Å²) < 4.78 is 39.4. The lowest BCUT2D eigenvalue weighted by atomic mass is 9.97. The fourth-order valence-electron chi connectivity index (χ4n) is 4.37. The van der Waals surface area contributed by atoms with E-state index < -0.39 is 10.0 Å². The molecule has 3 aromatic rings. The summed E-state index contributed by atoms with van der Waals surface area (Å²) in [7, 11) is -2.26. The van der Waals surface area contributed by atoms with E-state index in [1.54, 1.807) is 12.1 Å². The standard InChI is InChI=1S/C29H34N2O5S/c1-21(2)24-9-14-27(35-3)28(19-24)37(33,34)31-17-15-23(16-18-31)29(32)30-25-10-12-26(13-11-25)36-20-22-7-5-4-6-8-22/h4-14,19,21,23H,15-18,20H2,1-3H3,(H,30,32). The maximum absolute atomic E-state index is 13.4. The van der Waals surface area contributed by atoms with Crippen LogP contribution in [-0.4, -0.2) is 38.8 Å². The Bertz CT molecular complexity index is 1300. The van der Waals surface area contributed by atoms with E-state index >= 15 is 0 Å². The molecule has 1 saturated heterocycles. The van der Waals surface area contributed by atoms with E-state index in [-0.39, 0.29) is 35.7 Å². The molecule has 0 aliphatic carbocycles. The van der Waals surface area contributed by atoms with Crippen molar-refractivity contribution in [3.8, 4) is 11.5 Å². The van der Waals surface area contributed by atoms with Crippen molar-refractivity contribution in [2.24, 2.45) is 5.92 Å². The number of amides is 1. The molecule has 8 heteroatoms. The molecular formula is C29H34N2O5S. The predicted molar refractivity (Wildman–Crippen MR) is 144 cm³/mol. The first kappa shape index (κ1) is 26.7. The van der Waals surface area contributed by atoms with E-state index in [0.717, 1.165) is 16.9 Å². The summed E-state index contributed by atoms with van der Waals surface area (Å²) in [6.45, 7) is 5.08. The molecule has 1 aliphatic rings. The van der Waals surface area contributed by atoms with E-state index in [1.807, 2.05) is 74.5 Å². The number of anilines is 1. The van der Waals surface area contributed by atoms with Crippen LogP contribution >= 0.6 is 0 Å². The summed E-state index contributed by atoms with van der Waals surface area (Å²) in [6, 6.07) is 22.5. The van der Waals surface area contributed by atoms with Gasteiger partial charge in [-0.3, -0.25) is 4.79 Å². The number of carbonyl (C=O) groups excluding carboxylic acids is 1. The third-order valence-corrected chi connectivity index (χ3v) is 8.59. The van der Waals surface area contributed by atoms with Gasteiger partial charge >= 0.3 is 0 Å². The summed E-state index contributed by atoms with van der Waals surface area (Å²) >= 11 is 0. The Balaban J connectivity index is 1.33. The number of ether oxygens (including phenoxy) is 2. The zero-order chi connectivity index (χ0) is 26.4. The number of hydrogen-bond donors (Lipinski definition) is 1. The number of rotatable bonds is 9. The van der Waals surface area contributed by atoms with Crippen LogP contribution in [0, 0.1) is 5.92 Å². The van der Waals surface area contributed by atoms with Crippen LogP contribution in [-0.2, 0) is 21.4 Å². The number of piperidine rings is 1. The Morgan fingerprint density at radius 2 is 1.68 bits per heavy atom. The summed E-state index contributed by atoms with van der Waals surface area (Å²) in [5, 5.41) is 2.95. The third-order valence-electron chi connectivity index (χ3n) is 6.67. The monoisotopic (exact) mass is 522 g/mol. The Morgan fingerprint density at radius 3 is 2.30 bits per heavy atom. The highest BCUT2D eigenvalue weighted by Gasteiger charge is 2.34. The minimum absolute atomic E-state index is 0.102. The number of carbonyl (C=O) groups is 1. The predicted octanol–water partition coefficient (Wildman–Crippen LogP) is 5.44. The molecule has 196 valence electrons. The van der Waals surface area contributed by atoms with Crippen molar-refractivity contribution in [3.63, 3.8) is 0 Å². The molecule has 37 heavy (non-hydrogen) atoms. The Hall–Kier alpha value is -3.36. The minimum Gasteiger partial charge on any atom is -0.495 e. The fourth-order valence-corrected chi connectivity index (χ4v) is 6.03. The second kappa shape index (κ2) is 11.8. The molecule has 7 nitrogen and oxygen atoms in total. The summed E-state index contributed by atoms with van der Waals surface area (Å²) in [5.41, 5.74) is 2.70. The van der Waals surface area contributed by atoms with Gasteiger partial charge in [-0.05, 0) is 66.3 Å². The van der Waals surface area contributed by atoms with Crippen LogP contribution in [0.2, 0.25) is 0 Å². The summed E-state index contributed by atoms with van der Waals surface area (Å²) in [4.78, 5) is 13.1. The SMILES string of the molecule is COc1ccc(C(C)C)cc1S(=O)(=O)N1CCC(C(=O)Nc2ccc(OCc3ccccc3)cc2)CC1. The molecule has 0 spiro atoms. The van der Waals surface area contributed by atoms with E-state index in [4.69, 9.17) is 9.47 Å². The van der Waals surface area contributed by atoms with Crippen LogP contribution in [0.15, 0.2) is 77.7 Å². The molecule has 1 heterocycles. The lowest BCUT2D eigenvalue weighted by molar-refractivity contribution is -0.120. The van der Waals surface area contributed by atoms with Crippen LogP contribution in [0.25, 0.3) is 0 Å². The molecule has 0 saturated carbocycles. The number of nitrogens with one attached hydrogen (secondary N) is 1. The lowest BCUT2D eigenvalue weighted by Crippen LogP contribution is -2.41. The van der Waals surface area contributed by atoms with Crippen molar-refractivity contribution in [3.05, 3.63) is 83.9 Å². The topological polar surface area (TPSA) is 84.9 Å². The fraction of sp³-hybridized carbons (Fsp3) is 0.345. The highest BCUT2D eigenvalue weighted by Crippen LogP contribution is 2.32. The van der Waals surface area contributed by atoms with Crippen LogP contribution < -0.4 is 14.8 Å². The van der Waals surface area contributed by atoms with Crippen LogP contribution in [0.3, 0.4) is 0 Å². The Labute approximate surface area is 219 Å². The second-order valence-corrected chi connectivity index (χ2v) is 11.4. The maximum Gasteiger partial charge on any atom is 0.246 e. The van der Waals surface area contributed by atoms with Crippen LogP contribution in [0.5, 0.6) is 11.5 Å². The van der Waals surface area contributed by atoms with Gasteiger partial charge in [0.1, 0.15) is 23.0 Å². The number of methoxy groups -OCH3 is 1. The highest BCUT2D eigenvalue weighted by molar-refractivity contribution is 7.89. The molecule has 1 N–H and O–H groups in total. The van der Waals surface area contributed by atoms with Gasteiger partial charge in [0.25, 0.3) is 0 Å².